The molecule has 0 saturated heterocycles. The Labute approximate surface area is 228 Å². The third kappa shape index (κ3) is 6.36. The Balaban J connectivity index is 1.31. The Hall–Kier alpha value is -4.83. The van der Waals surface area contributed by atoms with Crippen LogP contribution in [0.5, 0.6) is 5.75 Å². The average molecular weight is 544 g/mol. The van der Waals surface area contributed by atoms with Crippen LogP contribution < -0.4 is 15.4 Å². The number of aromatic nitrogens is 5. The Morgan fingerprint density at radius 3 is 2.85 bits per heavy atom. The van der Waals surface area contributed by atoms with Gasteiger partial charge in [-0.2, -0.15) is 0 Å². The van der Waals surface area contributed by atoms with E-state index >= 15 is 0 Å². The Kier molecular flexibility index (Phi) is 7.74. The molecule has 39 heavy (non-hydrogen) atoms. The van der Waals surface area contributed by atoms with Gasteiger partial charge in [0.1, 0.15) is 36.0 Å². The molecule has 5 rings (SSSR count). The number of nitrogens with one attached hydrogen (secondary N) is 2. The van der Waals surface area contributed by atoms with Gasteiger partial charge in [0.15, 0.2) is 0 Å². The predicted molar refractivity (Wildman–Crippen MR) is 147 cm³/mol. The molecule has 0 unspecified atom stereocenters. The van der Waals surface area contributed by atoms with Crippen molar-refractivity contribution in [2.75, 3.05) is 11.9 Å². The smallest absolute Gasteiger partial charge is 0.243 e. The number of ether oxygens (including phenoxy) is 1. The molecule has 0 atom stereocenters. The van der Waals surface area contributed by atoms with Gasteiger partial charge in [-0.25, -0.2) is 14.4 Å². The lowest BCUT2D eigenvalue weighted by atomic mass is 10.1. The third-order valence-electron chi connectivity index (χ3n) is 5.77. The second-order valence-electron chi connectivity index (χ2n) is 8.51. The topological polar surface area (TPSA) is 107 Å². The summed E-state index contributed by atoms with van der Waals surface area (Å²) in [4.78, 5) is 20.1. The van der Waals surface area contributed by atoms with Gasteiger partial charge in [-0.1, -0.05) is 41.6 Å². The van der Waals surface area contributed by atoms with E-state index in [9.17, 15) is 9.18 Å². The van der Waals surface area contributed by atoms with Crippen LogP contribution in [0.1, 0.15) is 5.56 Å². The van der Waals surface area contributed by atoms with Crippen LogP contribution in [0.15, 0.2) is 85.8 Å². The van der Waals surface area contributed by atoms with E-state index in [1.54, 1.807) is 35.1 Å². The van der Waals surface area contributed by atoms with Crippen molar-refractivity contribution in [3.05, 3.63) is 102 Å². The number of benzene rings is 3. The first-order chi connectivity index (χ1) is 19.0. The van der Waals surface area contributed by atoms with Gasteiger partial charge in [-0.15, -0.1) is 5.10 Å². The Bertz CT molecular complexity index is 1660. The molecule has 2 heterocycles. The number of carbonyl (C=O) groups excluding carboxylic acids is 1. The highest BCUT2D eigenvalue weighted by atomic mass is 35.5. The van der Waals surface area contributed by atoms with Crippen molar-refractivity contribution >= 4 is 39.9 Å². The van der Waals surface area contributed by atoms with E-state index < -0.39 is 0 Å². The molecule has 1 amide bonds. The fraction of sp³-hybridized carbons (Fsp3) is 0.107. The number of rotatable bonds is 10. The van der Waals surface area contributed by atoms with Crippen LogP contribution in [0.3, 0.4) is 0 Å². The Morgan fingerprint density at radius 2 is 2.03 bits per heavy atom. The van der Waals surface area contributed by atoms with Gasteiger partial charge >= 0.3 is 0 Å². The number of hydrogen-bond donors (Lipinski definition) is 2. The van der Waals surface area contributed by atoms with Crippen LogP contribution in [0.25, 0.3) is 22.2 Å². The molecule has 0 aliphatic rings. The number of carbonyl (C=O) groups is 1. The van der Waals surface area contributed by atoms with Crippen molar-refractivity contribution in [3.8, 4) is 17.0 Å². The number of halogens is 2. The molecule has 0 saturated carbocycles. The number of fused-ring (bicyclic) bond motifs is 1. The summed E-state index contributed by atoms with van der Waals surface area (Å²) in [7, 11) is 0. The van der Waals surface area contributed by atoms with Gasteiger partial charge in [-0.3, -0.25) is 9.48 Å². The van der Waals surface area contributed by atoms with Crippen molar-refractivity contribution in [1.29, 1.82) is 0 Å². The van der Waals surface area contributed by atoms with Crippen molar-refractivity contribution in [2.24, 2.45) is 0 Å². The largest absolute Gasteiger partial charge is 0.487 e. The van der Waals surface area contributed by atoms with E-state index in [0.717, 1.165) is 16.5 Å². The summed E-state index contributed by atoms with van der Waals surface area (Å²) >= 11 is 6.46. The van der Waals surface area contributed by atoms with E-state index in [2.05, 4.69) is 37.5 Å². The molecule has 0 aliphatic heterocycles. The van der Waals surface area contributed by atoms with E-state index in [1.165, 1.54) is 24.5 Å². The number of amides is 1. The summed E-state index contributed by atoms with van der Waals surface area (Å²) in [5, 5.41) is 15.6. The predicted octanol–water partition coefficient (Wildman–Crippen LogP) is 5.31. The molecule has 196 valence electrons. The molecule has 9 nitrogen and oxygen atoms in total. The van der Waals surface area contributed by atoms with Gasteiger partial charge in [0.2, 0.25) is 5.91 Å². The summed E-state index contributed by atoms with van der Waals surface area (Å²) in [6.07, 6.45) is 4.51. The summed E-state index contributed by atoms with van der Waals surface area (Å²) in [5.41, 5.74) is 3.66. The first-order valence-electron chi connectivity index (χ1n) is 12.0. The zero-order chi connectivity index (χ0) is 27.2. The van der Waals surface area contributed by atoms with Crippen LogP contribution in [0.2, 0.25) is 5.02 Å². The first kappa shape index (κ1) is 25.8. The van der Waals surface area contributed by atoms with Gasteiger partial charge in [0, 0.05) is 23.2 Å². The first-order valence-corrected chi connectivity index (χ1v) is 12.4. The Morgan fingerprint density at radius 1 is 1.13 bits per heavy atom. The van der Waals surface area contributed by atoms with Crippen molar-refractivity contribution in [2.45, 2.75) is 13.2 Å². The highest BCUT2D eigenvalue weighted by Crippen LogP contribution is 2.32. The molecule has 11 heteroatoms. The minimum atomic E-state index is -0.319. The highest BCUT2D eigenvalue weighted by Gasteiger charge is 2.11. The standard InChI is InChI=1S/C28H23ClFN7O2/c1-2-27(38)31-10-11-37-15-25(35-36-37)19-6-8-24-22(13-19)28(33-17-32-24)34-21-7-9-26(23(29)14-21)39-16-18-4-3-5-20(30)12-18/h2-9,12-15,17H,1,10-11,16H2,(H,31,38)(H,32,33,34). The van der Waals surface area contributed by atoms with Gasteiger partial charge in [0.05, 0.1) is 23.3 Å². The second-order valence-corrected chi connectivity index (χ2v) is 8.91. The van der Waals surface area contributed by atoms with E-state index in [1.807, 2.05) is 24.3 Å². The maximum Gasteiger partial charge on any atom is 0.243 e. The number of anilines is 2. The summed E-state index contributed by atoms with van der Waals surface area (Å²) in [6.45, 7) is 4.50. The lowest BCUT2D eigenvalue weighted by Gasteiger charge is -2.12. The quantitative estimate of drug-likeness (QED) is 0.230. The highest BCUT2D eigenvalue weighted by molar-refractivity contribution is 6.32. The summed E-state index contributed by atoms with van der Waals surface area (Å²) in [6, 6.07) is 17.2. The van der Waals surface area contributed by atoms with Crippen LogP contribution >= 0.6 is 11.6 Å². The zero-order valence-corrected chi connectivity index (χ0v) is 21.4. The van der Waals surface area contributed by atoms with Crippen molar-refractivity contribution < 1.29 is 13.9 Å². The monoisotopic (exact) mass is 543 g/mol. The fourth-order valence-electron chi connectivity index (χ4n) is 3.84. The van der Waals surface area contributed by atoms with Crippen molar-refractivity contribution in [3.63, 3.8) is 0 Å². The molecule has 0 bridgehead atoms. The molecule has 2 aromatic heterocycles. The minimum absolute atomic E-state index is 0.192. The molecular formula is C28H23ClFN7O2. The molecule has 3 aromatic carbocycles. The van der Waals surface area contributed by atoms with Crippen LogP contribution in [0.4, 0.5) is 15.9 Å². The van der Waals surface area contributed by atoms with E-state index in [4.69, 9.17) is 16.3 Å². The summed E-state index contributed by atoms with van der Waals surface area (Å²) < 4.78 is 20.8. The maximum atomic E-state index is 13.4. The molecule has 0 aliphatic carbocycles. The maximum absolute atomic E-state index is 13.4. The van der Waals surface area contributed by atoms with Crippen LogP contribution in [0, 0.1) is 5.82 Å². The molecule has 0 radical (unpaired) electrons. The summed E-state index contributed by atoms with van der Waals surface area (Å²) in [5.74, 6) is 0.511. The zero-order valence-electron chi connectivity index (χ0n) is 20.6. The minimum Gasteiger partial charge on any atom is -0.487 e. The molecule has 5 aromatic rings. The molecule has 0 fully saturated rings. The van der Waals surface area contributed by atoms with E-state index in [0.29, 0.717) is 46.6 Å². The molecular weight excluding hydrogens is 521 g/mol. The number of nitrogens with zero attached hydrogens (tertiary/aromatic N) is 5. The second kappa shape index (κ2) is 11.7. The van der Waals surface area contributed by atoms with Crippen LogP contribution in [-0.4, -0.2) is 37.4 Å². The number of hydrogen-bond acceptors (Lipinski definition) is 7. The fourth-order valence-corrected chi connectivity index (χ4v) is 4.08. The van der Waals surface area contributed by atoms with Gasteiger partial charge < -0.3 is 15.4 Å². The molecule has 2 N–H and O–H groups in total. The van der Waals surface area contributed by atoms with Gasteiger partial charge in [-0.05, 0) is 54.1 Å². The molecule has 0 spiro atoms. The van der Waals surface area contributed by atoms with Crippen LogP contribution in [-0.2, 0) is 17.9 Å². The van der Waals surface area contributed by atoms with Crippen molar-refractivity contribution in [1.82, 2.24) is 30.3 Å². The average Bonchev–Trinajstić information content (AvgIpc) is 3.41. The lowest BCUT2D eigenvalue weighted by molar-refractivity contribution is -0.116. The normalized spacial score (nSPS) is 10.8. The SMILES string of the molecule is C=CC(=O)NCCn1cc(-c2ccc3ncnc(Nc4ccc(OCc5cccc(F)c5)c(Cl)c4)c3c2)nn1. The van der Waals surface area contributed by atoms with Gasteiger partial charge in [0.25, 0.3) is 0 Å². The lowest BCUT2D eigenvalue weighted by Crippen LogP contribution is -2.25. The van der Waals surface area contributed by atoms with E-state index in [-0.39, 0.29) is 18.3 Å². The third-order valence-corrected chi connectivity index (χ3v) is 6.07.